The summed E-state index contributed by atoms with van der Waals surface area (Å²) in [6.45, 7) is 3.88. The van der Waals surface area contributed by atoms with Crippen molar-refractivity contribution in [3.8, 4) is 11.8 Å². The highest BCUT2D eigenvalue weighted by Gasteiger charge is 2.36. The fourth-order valence-electron chi connectivity index (χ4n) is 3.94. The highest BCUT2D eigenvalue weighted by molar-refractivity contribution is 7.99. The van der Waals surface area contributed by atoms with Crippen LogP contribution in [-0.2, 0) is 4.79 Å². The second kappa shape index (κ2) is 7.89. The summed E-state index contributed by atoms with van der Waals surface area (Å²) in [4.78, 5) is 12.9. The number of carbonyl (C=O) groups is 1. The van der Waals surface area contributed by atoms with Crippen LogP contribution in [0.3, 0.4) is 0 Å². The van der Waals surface area contributed by atoms with Gasteiger partial charge in [0.05, 0.1) is 11.3 Å². The van der Waals surface area contributed by atoms with Crippen molar-refractivity contribution in [2.24, 2.45) is 0 Å². The number of anilines is 1. The van der Waals surface area contributed by atoms with Crippen LogP contribution in [0.25, 0.3) is 5.69 Å². The molecule has 31 heavy (non-hydrogen) atoms. The van der Waals surface area contributed by atoms with Crippen molar-refractivity contribution in [3.05, 3.63) is 53.0 Å². The van der Waals surface area contributed by atoms with Crippen molar-refractivity contribution in [2.75, 3.05) is 11.1 Å². The molecule has 2 aromatic heterocycles. The van der Waals surface area contributed by atoms with E-state index < -0.39 is 0 Å². The minimum Gasteiger partial charge on any atom is -0.310 e. The molecular weight excluding hydrogens is 408 g/mol. The number of hydrogen-bond donors (Lipinski definition) is 1. The van der Waals surface area contributed by atoms with Crippen molar-refractivity contribution in [2.45, 2.75) is 56.6 Å². The van der Waals surface area contributed by atoms with Gasteiger partial charge in [-0.3, -0.25) is 9.36 Å². The third kappa shape index (κ3) is 3.74. The van der Waals surface area contributed by atoms with Crippen LogP contribution in [0.15, 0.2) is 35.5 Å². The molecule has 0 aliphatic heterocycles. The summed E-state index contributed by atoms with van der Waals surface area (Å²) >= 11 is 1.42. The van der Waals surface area contributed by atoms with E-state index in [-0.39, 0.29) is 11.7 Å². The first-order valence-corrected chi connectivity index (χ1v) is 11.6. The second-order valence-corrected chi connectivity index (χ2v) is 9.21. The lowest BCUT2D eigenvalue weighted by atomic mass is 10.2. The summed E-state index contributed by atoms with van der Waals surface area (Å²) in [5.74, 6) is 2.21. The lowest BCUT2D eigenvalue weighted by Crippen LogP contribution is -2.18. The van der Waals surface area contributed by atoms with Gasteiger partial charge in [0.15, 0.2) is 5.16 Å². The Morgan fingerprint density at radius 1 is 1.19 bits per heavy atom. The number of rotatable bonds is 7. The van der Waals surface area contributed by atoms with Gasteiger partial charge >= 0.3 is 0 Å². The number of nitriles is 1. The van der Waals surface area contributed by atoms with Crippen LogP contribution in [0, 0.1) is 25.2 Å². The Labute approximate surface area is 185 Å². The molecule has 0 radical (unpaired) electrons. The number of nitrogens with one attached hydrogen (secondary N) is 1. The summed E-state index contributed by atoms with van der Waals surface area (Å²) in [5.41, 5.74) is 3.22. The van der Waals surface area contributed by atoms with E-state index in [1.165, 1.54) is 24.6 Å². The molecule has 7 nitrogen and oxygen atoms in total. The third-order valence-electron chi connectivity index (χ3n) is 5.98. The monoisotopic (exact) mass is 432 g/mol. The van der Waals surface area contributed by atoms with Crippen molar-refractivity contribution in [1.82, 2.24) is 19.3 Å². The molecule has 8 heteroatoms. The van der Waals surface area contributed by atoms with Crippen LogP contribution in [-0.4, -0.2) is 31.0 Å². The Balaban J connectivity index is 1.37. The first kappa shape index (κ1) is 19.9. The van der Waals surface area contributed by atoms with Crippen LogP contribution < -0.4 is 5.32 Å². The molecule has 2 heterocycles. The zero-order valence-electron chi connectivity index (χ0n) is 17.6. The standard InChI is InChI=1S/C23H24N6OS/c1-14-15(2)28(17-6-4-3-5-7-17)22(19(14)12-24)25-20(30)13-31-23-27-26-21(16-8-9-16)29(23)18-10-11-18/h3-7,16,18H,8-11,13H2,1-2H3,(H,25,30). The number of carbonyl (C=O) groups excluding carboxylic acids is 1. The van der Waals surface area contributed by atoms with Gasteiger partial charge < -0.3 is 9.88 Å². The number of thioether (sulfide) groups is 1. The predicted molar refractivity (Wildman–Crippen MR) is 120 cm³/mol. The van der Waals surface area contributed by atoms with Crippen LogP contribution in [0.2, 0.25) is 0 Å². The van der Waals surface area contributed by atoms with Crippen LogP contribution >= 0.6 is 11.8 Å². The average molecular weight is 433 g/mol. The number of amides is 1. The van der Waals surface area contributed by atoms with E-state index >= 15 is 0 Å². The van der Waals surface area contributed by atoms with Gasteiger partial charge in [0.25, 0.3) is 0 Å². The molecule has 1 amide bonds. The predicted octanol–water partition coefficient (Wildman–Crippen LogP) is 4.50. The minimum atomic E-state index is -0.158. The van der Waals surface area contributed by atoms with Gasteiger partial charge in [0.2, 0.25) is 5.91 Å². The summed E-state index contributed by atoms with van der Waals surface area (Å²) in [5, 5.41) is 22.3. The molecule has 0 bridgehead atoms. The molecule has 3 aromatic rings. The topological polar surface area (TPSA) is 88.5 Å². The van der Waals surface area contributed by atoms with Crippen molar-refractivity contribution >= 4 is 23.5 Å². The van der Waals surface area contributed by atoms with Gasteiger partial charge in [0, 0.05) is 23.3 Å². The number of para-hydroxylation sites is 1. The summed E-state index contributed by atoms with van der Waals surface area (Å²) in [6.07, 6.45) is 4.68. The van der Waals surface area contributed by atoms with Crippen molar-refractivity contribution in [1.29, 1.82) is 5.26 Å². The quantitative estimate of drug-likeness (QED) is 0.555. The van der Waals surface area contributed by atoms with E-state index in [1.807, 2.05) is 48.7 Å². The SMILES string of the molecule is Cc1c(C#N)c(NC(=O)CSc2nnc(C3CC3)n2C2CC2)n(-c2ccccc2)c1C. The first-order chi connectivity index (χ1) is 15.1. The van der Waals surface area contributed by atoms with Crippen LogP contribution in [0.5, 0.6) is 0 Å². The number of nitrogens with zero attached hydrogens (tertiary/aromatic N) is 5. The van der Waals surface area contributed by atoms with Gasteiger partial charge in [-0.25, -0.2) is 0 Å². The van der Waals surface area contributed by atoms with Gasteiger partial charge in [-0.05, 0) is 57.2 Å². The Hall–Kier alpha value is -3.05. The van der Waals surface area contributed by atoms with Crippen LogP contribution in [0.4, 0.5) is 5.82 Å². The Morgan fingerprint density at radius 2 is 1.94 bits per heavy atom. The van der Waals surface area contributed by atoms with Crippen molar-refractivity contribution < 1.29 is 4.79 Å². The molecule has 0 atom stereocenters. The molecule has 158 valence electrons. The maximum Gasteiger partial charge on any atom is 0.236 e. The first-order valence-electron chi connectivity index (χ1n) is 10.6. The highest BCUT2D eigenvalue weighted by Crippen LogP contribution is 2.46. The number of benzene rings is 1. The molecule has 5 rings (SSSR count). The molecule has 0 saturated heterocycles. The highest BCUT2D eigenvalue weighted by atomic mass is 32.2. The van der Waals surface area contributed by atoms with Gasteiger partial charge in [-0.15, -0.1) is 10.2 Å². The van der Waals surface area contributed by atoms with E-state index in [0.29, 0.717) is 23.3 Å². The zero-order valence-corrected chi connectivity index (χ0v) is 18.4. The molecule has 1 N–H and O–H groups in total. The second-order valence-electron chi connectivity index (χ2n) is 8.27. The molecular formula is C23H24N6OS. The van der Waals surface area contributed by atoms with E-state index in [1.54, 1.807) is 0 Å². The molecule has 2 fully saturated rings. The third-order valence-corrected chi connectivity index (χ3v) is 6.92. The normalized spacial score (nSPS) is 15.6. The summed E-state index contributed by atoms with van der Waals surface area (Å²) in [6, 6.07) is 12.5. The molecule has 2 aliphatic carbocycles. The lowest BCUT2D eigenvalue weighted by molar-refractivity contribution is -0.113. The van der Waals surface area contributed by atoms with E-state index in [4.69, 9.17) is 0 Å². The zero-order chi connectivity index (χ0) is 21.5. The molecule has 2 saturated carbocycles. The summed E-state index contributed by atoms with van der Waals surface area (Å²) in [7, 11) is 0. The lowest BCUT2D eigenvalue weighted by Gasteiger charge is -2.13. The van der Waals surface area contributed by atoms with Gasteiger partial charge in [0.1, 0.15) is 17.7 Å². The van der Waals surface area contributed by atoms with Crippen LogP contribution in [0.1, 0.15) is 60.3 Å². The van der Waals surface area contributed by atoms with Crippen molar-refractivity contribution in [3.63, 3.8) is 0 Å². The molecule has 0 spiro atoms. The van der Waals surface area contributed by atoms with Gasteiger partial charge in [-0.2, -0.15) is 5.26 Å². The fourth-order valence-corrected chi connectivity index (χ4v) is 4.75. The Kier molecular flexibility index (Phi) is 5.06. The maximum absolute atomic E-state index is 12.9. The fraction of sp³-hybridized carbons (Fsp3) is 0.391. The number of hydrogen-bond acceptors (Lipinski definition) is 5. The van der Waals surface area contributed by atoms with E-state index in [0.717, 1.165) is 40.8 Å². The van der Waals surface area contributed by atoms with E-state index in [2.05, 4.69) is 26.2 Å². The maximum atomic E-state index is 12.9. The molecule has 1 aromatic carbocycles. The minimum absolute atomic E-state index is 0.158. The van der Waals surface area contributed by atoms with E-state index in [9.17, 15) is 10.1 Å². The summed E-state index contributed by atoms with van der Waals surface area (Å²) < 4.78 is 4.19. The Bertz CT molecular complexity index is 1180. The Morgan fingerprint density at radius 3 is 2.58 bits per heavy atom. The molecule has 2 aliphatic rings. The average Bonchev–Trinajstić information content (AvgIpc) is 3.71. The smallest absolute Gasteiger partial charge is 0.236 e. The largest absolute Gasteiger partial charge is 0.310 e. The van der Waals surface area contributed by atoms with Gasteiger partial charge in [-0.1, -0.05) is 30.0 Å². The number of aromatic nitrogens is 4. The molecule has 0 unspecified atom stereocenters.